The maximum Gasteiger partial charge on any atom is 0.333 e. The number of carbonyl (C=O) groups is 2. The highest BCUT2D eigenvalue weighted by Gasteiger charge is 2.36. The van der Waals surface area contributed by atoms with Gasteiger partial charge in [0, 0.05) is 18.5 Å². The van der Waals surface area contributed by atoms with Crippen LogP contribution in [0.2, 0.25) is 0 Å². The van der Waals surface area contributed by atoms with Crippen LogP contribution in [0, 0.1) is 0 Å². The van der Waals surface area contributed by atoms with Gasteiger partial charge in [0.25, 0.3) is 0 Å². The van der Waals surface area contributed by atoms with E-state index >= 15 is 0 Å². The van der Waals surface area contributed by atoms with E-state index in [1.54, 1.807) is 6.92 Å². The molecular formula is C17H30N2O4. The van der Waals surface area contributed by atoms with Crippen LogP contribution in [0.15, 0.2) is 11.6 Å². The summed E-state index contributed by atoms with van der Waals surface area (Å²) in [6.07, 6.45) is 3.81. The van der Waals surface area contributed by atoms with Crippen molar-refractivity contribution in [3.8, 4) is 0 Å². The molecule has 0 fully saturated rings. The average molecular weight is 326 g/mol. The summed E-state index contributed by atoms with van der Waals surface area (Å²) in [5.74, 6) is -0.423. The lowest BCUT2D eigenvalue weighted by Gasteiger charge is -2.38. The highest BCUT2D eigenvalue weighted by Crippen LogP contribution is 2.25. The average Bonchev–Trinajstić information content (AvgIpc) is 2.53. The molecule has 0 saturated heterocycles. The molecule has 1 aliphatic carbocycles. The summed E-state index contributed by atoms with van der Waals surface area (Å²) < 4.78 is 11.3. The lowest BCUT2D eigenvalue weighted by atomic mass is 9.87. The van der Waals surface area contributed by atoms with Crippen molar-refractivity contribution in [3.63, 3.8) is 0 Å². The molecule has 0 aromatic heterocycles. The van der Waals surface area contributed by atoms with Gasteiger partial charge >= 0.3 is 5.97 Å². The number of rotatable bonds is 8. The Labute approximate surface area is 139 Å². The van der Waals surface area contributed by atoms with E-state index < -0.39 is 0 Å². The van der Waals surface area contributed by atoms with Crippen LogP contribution in [0.5, 0.6) is 0 Å². The molecule has 23 heavy (non-hydrogen) atoms. The molecule has 1 rings (SSSR count). The van der Waals surface area contributed by atoms with Crippen LogP contribution in [0.3, 0.4) is 0 Å². The Morgan fingerprint density at radius 2 is 1.96 bits per heavy atom. The van der Waals surface area contributed by atoms with Crippen LogP contribution in [-0.2, 0) is 19.1 Å². The Kier molecular flexibility index (Phi) is 8.26. The number of likely N-dealkylation sites (N-methyl/N-ethyl adjacent to an activating group) is 1. The third-order valence-corrected chi connectivity index (χ3v) is 4.13. The number of hydrogen-bond donors (Lipinski definition) is 2. The first-order valence-electron chi connectivity index (χ1n) is 8.44. The van der Waals surface area contributed by atoms with Crippen molar-refractivity contribution in [1.29, 1.82) is 0 Å². The van der Waals surface area contributed by atoms with Gasteiger partial charge in [-0.2, -0.15) is 0 Å². The van der Waals surface area contributed by atoms with Crippen molar-refractivity contribution in [3.05, 3.63) is 11.6 Å². The molecule has 1 aliphatic rings. The van der Waals surface area contributed by atoms with Crippen molar-refractivity contribution in [2.24, 2.45) is 0 Å². The normalized spacial score (nSPS) is 24.3. The van der Waals surface area contributed by atoms with Crippen molar-refractivity contribution >= 4 is 11.9 Å². The second-order valence-corrected chi connectivity index (χ2v) is 5.78. The van der Waals surface area contributed by atoms with E-state index in [-0.39, 0.29) is 36.2 Å². The Balaban J connectivity index is 3.06. The molecule has 0 saturated carbocycles. The van der Waals surface area contributed by atoms with Crippen LogP contribution in [0.1, 0.15) is 47.0 Å². The molecule has 0 aromatic rings. The van der Waals surface area contributed by atoms with E-state index in [0.717, 1.165) is 12.8 Å². The highest BCUT2D eigenvalue weighted by atomic mass is 16.5. The van der Waals surface area contributed by atoms with Gasteiger partial charge in [-0.25, -0.2) is 4.79 Å². The number of ether oxygens (including phenoxy) is 2. The van der Waals surface area contributed by atoms with Gasteiger partial charge in [-0.1, -0.05) is 13.8 Å². The summed E-state index contributed by atoms with van der Waals surface area (Å²) in [6.45, 7) is 7.75. The third-order valence-electron chi connectivity index (χ3n) is 4.13. The van der Waals surface area contributed by atoms with Gasteiger partial charge in [0.05, 0.1) is 24.9 Å². The fraction of sp³-hybridized carbons (Fsp3) is 0.765. The van der Waals surface area contributed by atoms with Crippen molar-refractivity contribution < 1.29 is 19.1 Å². The van der Waals surface area contributed by atoms with Crippen LogP contribution in [0.4, 0.5) is 0 Å². The van der Waals surface area contributed by atoms with Gasteiger partial charge < -0.3 is 20.1 Å². The Morgan fingerprint density at radius 1 is 1.30 bits per heavy atom. The summed E-state index contributed by atoms with van der Waals surface area (Å²) >= 11 is 0. The first-order chi connectivity index (χ1) is 11.0. The number of esters is 1. The largest absolute Gasteiger partial charge is 0.463 e. The molecule has 2 N–H and O–H groups in total. The molecule has 3 atom stereocenters. The van der Waals surface area contributed by atoms with Crippen LogP contribution in [-0.4, -0.2) is 49.8 Å². The maximum atomic E-state index is 12.1. The van der Waals surface area contributed by atoms with E-state index in [2.05, 4.69) is 24.5 Å². The third kappa shape index (κ3) is 5.62. The summed E-state index contributed by atoms with van der Waals surface area (Å²) in [5, 5.41) is 6.14. The lowest BCUT2D eigenvalue weighted by molar-refractivity contribution is -0.139. The molecular weight excluding hydrogens is 296 g/mol. The second kappa shape index (κ2) is 9.67. The number of amides is 1. The first-order valence-corrected chi connectivity index (χ1v) is 8.44. The zero-order valence-electron chi connectivity index (χ0n) is 14.8. The van der Waals surface area contributed by atoms with Crippen molar-refractivity contribution in [2.45, 2.75) is 71.2 Å². The lowest BCUT2D eigenvalue weighted by Crippen LogP contribution is -2.57. The van der Waals surface area contributed by atoms with E-state index in [1.165, 1.54) is 6.92 Å². The molecule has 0 heterocycles. The first kappa shape index (κ1) is 19.6. The predicted molar refractivity (Wildman–Crippen MR) is 89.0 cm³/mol. The quantitative estimate of drug-likeness (QED) is 0.662. The van der Waals surface area contributed by atoms with Crippen LogP contribution in [0.25, 0.3) is 0 Å². The minimum Gasteiger partial charge on any atom is -0.463 e. The van der Waals surface area contributed by atoms with Gasteiger partial charge in [0.15, 0.2) is 0 Å². The zero-order chi connectivity index (χ0) is 17.4. The standard InChI is InChI=1S/C17H30N2O4/c1-6-13(7-2)23-15-10-12(17(21)22-8-3)9-14(18-5)16(15)19-11(4)20/h10,13-16,18H,6-9H2,1-5H3,(H,19,20)/t14-,15+,16+/m0/s1. The Morgan fingerprint density at radius 3 is 2.43 bits per heavy atom. The minimum absolute atomic E-state index is 0.0809. The number of hydrogen-bond acceptors (Lipinski definition) is 5. The summed E-state index contributed by atoms with van der Waals surface area (Å²) in [5.41, 5.74) is 0.601. The number of nitrogens with one attached hydrogen (secondary N) is 2. The molecule has 132 valence electrons. The van der Waals surface area contributed by atoms with Gasteiger partial charge in [-0.05, 0) is 39.3 Å². The Hall–Kier alpha value is -1.40. The topological polar surface area (TPSA) is 76.7 Å². The molecule has 6 nitrogen and oxygen atoms in total. The van der Waals surface area contributed by atoms with Gasteiger partial charge in [-0.3, -0.25) is 4.79 Å². The molecule has 1 amide bonds. The SMILES string of the molecule is CCOC(=O)C1=C[C@@H](OC(CC)CC)[C@H](NC(C)=O)[C@@H](NC)C1. The van der Waals surface area contributed by atoms with Crippen LogP contribution >= 0.6 is 0 Å². The Bertz CT molecular complexity index is 432. The van der Waals surface area contributed by atoms with Crippen LogP contribution < -0.4 is 10.6 Å². The summed E-state index contributed by atoms with van der Waals surface area (Å²) in [4.78, 5) is 23.7. The fourth-order valence-corrected chi connectivity index (χ4v) is 2.86. The molecule has 0 unspecified atom stereocenters. The predicted octanol–water partition coefficient (Wildman–Crippen LogP) is 1.55. The molecule has 0 radical (unpaired) electrons. The molecule has 0 aromatic carbocycles. The smallest absolute Gasteiger partial charge is 0.333 e. The van der Waals surface area contributed by atoms with E-state index in [4.69, 9.17) is 9.47 Å². The molecule has 0 aliphatic heterocycles. The van der Waals surface area contributed by atoms with Crippen molar-refractivity contribution in [2.75, 3.05) is 13.7 Å². The highest BCUT2D eigenvalue weighted by molar-refractivity contribution is 5.89. The van der Waals surface area contributed by atoms with Crippen molar-refractivity contribution in [1.82, 2.24) is 10.6 Å². The minimum atomic E-state index is -0.352. The van der Waals surface area contributed by atoms with E-state index in [9.17, 15) is 9.59 Å². The molecule has 0 bridgehead atoms. The van der Waals surface area contributed by atoms with Gasteiger partial charge in [-0.15, -0.1) is 0 Å². The van der Waals surface area contributed by atoms with E-state index in [1.807, 2.05) is 13.1 Å². The fourth-order valence-electron chi connectivity index (χ4n) is 2.86. The number of carbonyl (C=O) groups excluding carboxylic acids is 2. The molecule has 6 heteroatoms. The zero-order valence-corrected chi connectivity index (χ0v) is 14.8. The summed E-state index contributed by atoms with van der Waals surface area (Å²) in [7, 11) is 1.82. The molecule has 0 spiro atoms. The second-order valence-electron chi connectivity index (χ2n) is 5.78. The monoisotopic (exact) mass is 326 g/mol. The van der Waals surface area contributed by atoms with Gasteiger partial charge in [0.2, 0.25) is 5.91 Å². The summed E-state index contributed by atoms with van der Waals surface area (Å²) in [6, 6.07) is -0.293. The maximum absolute atomic E-state index is 12.1. The van der Waals surface area contributed by atoms with Gasteiger partial charge in [0.1, 0.15) is 0 Å². The van der Waals surface area contributed by atoms with E-state index in [0.29, 0.717) is 18.6 Å².